The normalized spacial score (nSPS) is 16.8. The lowest BCUT2D eigenvalue weighted by Gasteiger charge is -2.29. The van der Waals surface area contributed by atoms with Crippen molar-refractivity contribution in [1.82, 2.24) is 4.72 Å². The predicted molar refractivity (Wildman–Crippen MR) is 249 cm³/mol. The van der Waals surface area contributed by atoms with E-state index >= 15 is 0 Å². The second kappa shape index (κ2) is 17.5. The number of sulfonamides is 1. The Morgan fingerprint density at radius 1 is 0.612 bits per heavy atom. The molecule has 18 nitrogen and oxygen atoms in total. The molecule has 67 heavy (non-hydrogen) atoms. The van der Waals surface area contributed by atoms with Crippen molar-refractivity contribution in [2.24, 2.45) is 10.9 Å². The Morgan fingerprint density at radius 2 is 1.19 bits per heavy atom. The third-order valence-electron chi connectivity index (χ3n) is 12.1. The summed E-state index contributed by atoms with van der Waals surface area (Å²) in [7, 11) is -24.6. The van der Waals surface area contributed by atoms with Gasteiger partial charge in [-0.15, -0.1) is 0 Å². The molecule has 0 saturated heterocycles. The number of benzene rings is 5. The van der Waals surface area contributed by atoms with Crippen LogP contribution in [0.1, 0.15) is 66.0 Å². The largest absolute Gasteiger partial charge is 0.456 e. The zero-order valence-electron chi connectivity index (χ0n) is 37.0. The van der Waals surface area contributed by atoms with Crippen LogP contribution in [-0.2, 0) is 50.5 Å². The predicted octanol–water partition coefficient (Wildman–Crippen LogP) is 7.87. The fourth-order valence-electron chi connectivity index (χ4n) is 9.23. The smallest absolute Gasteiger partial charge is 0.296 e. The Hall–Kier alpha value is -5.08. The van der Waals surface area contributed by atoms with Gasteiger partial charge in [0.25, 0.3) is 40.5 Å². The fourth-order valence-corrected chi connectivity index (χ4v) is 14.0. The van der Waals surface area contributed by atoms with Crippen molar-refractivity contribution < 1.29 is 64.7 Å². The van der Waals surface area contributed by atoms with Crippen LogP contribution in [0.3, 0.4) is 0 Å². The third kappa shape index (κ3) is 9.67. The van der Waals surface area contributed by atoms with Gasteiger partial charge in [0, 0.05) is 45.9 Å². The van der Waals surface area contributed by atoms with E-state index in [0.29, 0.717) is 17.5 Å². The Kier molecular flexibility index (Phi) is 13.0. The molecule has 0 radical (unpaired) electrons. The van der Waals surface area contributed by atoms with Gasteiger partial charge in [0.15, 0.2) is 0 Å². The van der Waals surface area contributed by atoms with Crippen LogP contribution in [0.25, 0.3) is 33.4 Å². The summed E-state index contributed by atoms with van der Waals surface area (Å²) in [5, 5.41) is 2.18. The molecule has 3 aliphatic rings. The minimum absolute atomic E-state index is 0.0146. The molecule has 0 aromatic heterocycles. The highest BCUT2D eigenvalue weighted by atomic mass is 32.2. The minimum atomic E-state index is -5.27. The van der Waals surface area contributed by atoms with Crippen molar-refractivity contribution in [2.75, 3.05) is 5.32 Å². The highest BCUT2D eigenvalue weighted by Crippen LogP contribution is 2.46. The van der Waals surface area contributed by atoms with Crippen LogP contribution >= 0.6 is 0 Å². The van der Waals surface area contributed by atoms with Crippen molar-refractivity contribution in [3.63, 3.8) is 0 Å². The van der Waals surface area contributed by atoms with Crippen LogP contribution < -0.4 is 15.4 Å². The summed E-state index contributed by atoms with van der Waals surface area (Å²) in [4.78, 5) is 1.53. The lowest BCUT2D eigenvalue weighted by molar-refractivity contribution is 0.310. The van der Waals surface area contributed by atoms with E-state index in [-0.39, 0.29) is 83.5 Å². The maximum Gasteiger partial charge on any atom is 0.296 e. The Balaban J connectivity index is 1.64. The lowest BCUT2D eigenvalue weighted by Crippen LogP contribution is -2.41. The van der Waals surface area contributed by atoms with E-state index in [9.17, 15) is 60.3 Å². The average molecular weight is 1020 g/mol. The molecule has 0 amide bonds. The molecule has 2 aliphatic carbocycles. The molecular formula is C44H47N3O15S5. The summed E-state index contributed by atoms with van der Waals surface area (Å²) in [6.45, 7) is 10.6. The van der Waals surface area contributed by atoms with Gasteiger partial charge in [-0.2, -0.15) is 33.7 Å². The summed E-state index contributed by atoms with van der Waals surface area (Å²) in [6, 6.07) is 12.1. The Morgan fingerprint density at radius 3 is 1.79 bits per heavy atom. The van der Waals surface area contributed by atoms with E-state index in [1.165, 1.54) is 64.1 Å². The topological polar surface area (TPSA) is 301 Å². The molecule has 1 fully saturated rings. The molecule has 7 rings (SSSR count). The van der Waals surface area contributed by atoms with Crippen molar-refractivity contribution in [1.29, 1.82) is 0 Å². The van der Waals surface area contributed by atoms with E-state index in [0.717, 1.165) is 43.5 Å². The summed E-state index contributed by atoms with van der Waals surface area (Å²) in [5.74, 6) is -0.256. The van der Waals surface area contributed by atoms with Crippen molar-refractivity contribution in [2.45, 2.75) is 105 Å². The second-order valence-corrected chi connectivity index (χ2v) is 24.1. The average Bonchev–Trinajstić information content (AvgIpc) is 3.18. The van der Waals surface area contributed by atoms with Gasteiger partial charge >= 0.3 is 0 Å². The summed E-state index contributed by atoms with van der Waals surface area (Å²) in [6.07, 6.45) is 3.00. The molecule has 358 valence electrons. The van der Waals surface area contributed by atoms with Gasteiger partial charge in [-0.25, -0.2) is 18.1 Å². The first kappa shape index (κ1) is 49.8. The minimum Gasteiger partial charge on any atom is -0.456 e. The molecule has 2 unspecified atom stereocenters. The highest BCUT2D eigenvalue weighted by molar-refractivity contribution is 7.89. The van der Waals surface area contributed by atoms with Crippen LogP contribution in [-0.4, -0.2) is 66.3 Å². The van der Waals surface area contributed by atoms with E-state index in [2.05, 4.69) is 15.0 Å². The number of hydrogen-bond acceptors (Lipinski definition) is 13. The van der Waals surface area contributed by atoms with Gasteiger partial charge in [0.2, 0.25) is 10.0 Å². The van der Waals surface area contributed by atoms with Gasteiger partial charge in [-0.3, -0.25) is 18.2 Å². The number of hydrogen-bond donors (Lipinski definition) is 6. The van der Waals surface area contributed by atoms with Gasteiger partial charge in [0.05, 0.1) is 21.6 Å². The quantitative estimate of drug-likeness (QED) is 0.0531. The Labute approximate surface area is 388 Å². The third-order valence-corrected chi connectivity index (χ3v) is 17.7. The maximum absolute atomic E-state index is 14.5. The molecule has 1 saturated carbocycles. The van der Waals surface area contributed by atoms with E-state index < -0.39 is 81.5 Å². The maximum atomic E-state index is 14.5. The molecule has 1 aliphatic heterocycles. The van der Waals surface area contributed by atoms with E-state index in [1.807, 2.05) is 6.92 Å². The molecule has 2 atom stereocenters. The Bertz CT molecular complexity index is 3700. The van der Waals surface area contributed by atoms with Gasteiger partial charge in [0.1, 0.15) is 30.9 Å². The summed E-state index contributed by atoms with van der Waals surface area (Å²) >= 11 is 0. The van der Waals surface area contributed by atoms with Gasteiger partial charge < -0.3 is 9.73 Å². The molecule has 4 aromatic carbocycles. The van der Waals surface area contributed by atoms with Crippen LogP contribution in [0.4, 0.5) is 17.1 Å². The number of nitrogens with zero attached hydrogens (tertiary/aromatic N) is 1. The SMILES string of the molecule is Cc1cc(C)c(S(=O)(=O)O)c(C)c1N=c1cc2oc3cc(Nc4c(C)cc(C)c(S(=O)(=O)O)c4C)c(S(=O)(=O)O)cc3c(-c3ccccc3S(=O)(=O)NC3CCCCC3C)c-2cc1S(=O)(=O)O. The standard InChI is InChI=1S/C44H47N3O15S5/c1-22-12-8-10-14-32(22)47-63(48,49)37-15-11-9-13-29(37)40-30-18-38(64(50,51)52)33(45-41-23(2)16-25(4)43(27(41)6)66(56,57)58)20-35(30)62-36-21-34(39(19-31(36)40)65(53,54)55)46-42-24(3)17-26(5)44(28(42)7)67(59,60)61/h9,11,13,15-22,32,45,47H,8,10,12,14H2,1-7H3,(H,50,51,52)(H,53,54,55)(H,56,57,58)(H,59,60,61). The number of anilines is 2. The molecule has 23 heteroatoms. The fraction of sp³-hybridized carbons (Fsp3) is 0.295. The molecule has 6 N–H and O–H groups in total. The van der Waals surface area contributed by atoms with Crippen molar-refractivity contribution in [3.8, 4) is 22.5 Å². The zero-order chi connectivity index (χ0) is 49.5. The van der Waals surface area contributed by atoms with Crippen molar-refractivity contribution in [3.05, 3.63) is 99.4 Å². The van der Waals surface area contributed by atoms with E-state index in [4.69, 9.17) is 4.42 Å². The molecule has 0 spiro atoms. The van der Waals surface area contributed by atoms with Gasteiger partial charge in [-0.05, 0) is 112 Å². The first-order chi connectivity index (χ1) is 30.9. The van der Waals surface area contributed by atoms with Gasteiger partial charge in [-0.1, -0.05) is 50.1 Å². The number of rotatable bonds is 11. The molecule has 4 aromatic rings. The first-order valence-corrected chi connectivity index (χ1v) is 27.8. The molecular weight excluding hydrogens is 971 g/mol. The number of nitrogens with one attached hydrogen (secondary N) is 2. The first-order valence-electron chi connectivity index (χ1n) is 20.5. The summed E-state index contributed by atoms with van der Waals surface area (Å²) in [5.41, 5.74) is -0.108. The lowest BCUT2D eigenvalue weighted by atomic mass is 9.87. The van der Waals surface area contributed by atoms with Crippen LogP contribution in [0.5, 0.6) is 0 Å². The number of fused-ring (bicyclic) bond motifs is 2. The number of aryl methyl sites for hydroxylation is 4. The highest BCUT2D eigenvalue weighted by Gasteiger charge is 2.33. The zero-order valence-corrected chi connectivity index (χ0v) is 41.1. The molecule has 0 bridgehead atoms. The van der Waals surface area contributed by atoms with Crippen molar-refractivity contribution >= 4 is 78.5 Å². The molecule has 1 heterocycles. The van der Waals surface area contributed by atoms with E-state index in [1.54, 1.807) is 13.8 Å². The summed E-state index contributed by atoms with van der Waals surface area (Å²) < 4.78 is 183. The van der Waals surface area contributed by atoms with Crippen LogP contribution in [0.2, 0.25) is 0 Å². The monoisotopic (exact) mass is 1020 g/mol. The second-order valence-electron chi connectivity index (χ2n) is 16.9. The van der Waals surface area contributed by atoms with Crippen LogP contribution in [0.15, 0.2) is 94.6 Å². The van der Waals surface area contributed by atoms with Crippen LogP contribution in [0, 0.1) is 47.5 Å².